The van der Waals surface area contributed by atoms with Crippen molar-refractivity contribution in [2.75, 3.05) is 0 Å². The third-order valence-electron chi connectivity index (χ3n) is 3.53. The van der Waals surface area contributed by atoms with Crippen molar-refractivity contribution in [3.05, 3.63) is 69.2 Å². The molecule has 0 aliphatic rings. The van der Waals surface area contributed by atoms with Crippen LogP contribution in [-0.4, -0.2) is 0 Å². The number of aryl methyl sites for hydroxylation is 1. The third-order valence-corrected chi connectivity index (χ3v) is 4.12. The molecule has 0 aromatic heterocycles. The molecule has 0 heterocycles. The Morgan fingerprint density at radius 1 is 1.14 bits per heavy atom. The summed E-state index contributed by atoms with van der Waals surface area (Å²) in [5.41, 5.74) is 6.43. The number of hydrogen-bond donors (Lipinski definition) is 2. The Morgan fingerprint density at radius 3 is 2.62 bits per heavy atom. The van der Waals surface area contributed by atoms with Gasteiger partial charge in [-0.05, 0) is 41.7 Å². The van der Waals surface area contributed by atoms with Crippen molar-refractivity contribution >= 4 is 23.2 Å². The molecule has 0 spiro atoms. The number of nitrogens with two attached hydrogens (primary N) is 1. The van der Waals surface area contributed by atoms with Gasteiger partial charge in [0.2, 0.25) is 0 Å². The number of hydrogen-bond acceptors (Lipinski definition) is 2. The maximum atomic E-state index is 6.25. The zero-order chi connectivity index (χ0) is 15.2. The molecule has 0 saturated carbocycles. The largest absolute Gasteiger partial charge is 0.271 e. The van der Waals surface area contributed by atoms with Crippen molar-refractivity contribution in [1.82, 2.24) is 5.43 Å². The summed E-state index contributed by atoms with van der Waals surface area (Å²) in [6.45, 7) is 2.18. The van der Waals surface area contributed by atoms with Gasteiger partial charge >= 0.3 is 0 Å². The van der Waals surface area contributed by atoms with Crippen LogP contribution in [0.4, 0.5) is 0 Å². The van der Waals surface area contributed by atoms with E-state index in [1.165, 1.54) is 11.1 Å². The van der Waals surface area contributed by atoms with Crippen molar-refractivity contribution in [2.45, 2.75) is 32.2 Å². The Balaban J connectivity index is 2.21. The third kappa shape index (κ3) is 4.45. The smallest absolute Gasteiger partial charge is 0.0500 e. The van der Waals surface area contributed by atoms with Gasteiger partial charge in [-0.15, -0.1) is 0 Å². The van der Waals surface area contributed by atoms with Gasteiger partial charge < -0.3 is 0 Å². The second-order valence-electron chi connectivity index (χ2n) is 5.15. The summed E-state index contributed by atoms with van der Waals surface area (Å²) in [4.78, 5) is 0. The van der Waals surface area contributed by atoms with Crippen LogP contribution >= 0.6 is 23.2 Å². The summed E-state index contributed by atoms with van der Waals surface area (Å²) in [5.74, 6) is 5.74. The Morgan fingerprint density at radius 2 is 1.95 bits per heavy atom. The fourth-order valence-corrected chi connectivity index (χ4v) is 2.92. The first kappa shape index (κ1) is 16.3. The van der Waals surface area contributed by atoms with Crippen molar-refractivity contribution in [2.24, 2.45) is 5.84 Å². The molecule has 0 radical (unpaired) electrons. The molecule has 0 amide bonds. The lowest BCUT2D eigenvalue weighted by Crippen LogP contribution is -2.29. The summed E-state index contributed by atoms with van der Waals surface area (Å²) in [7, 11) is 0. The maximum absolute atomic E-state index is 6.25. The quantitative estimate of drug-likeness (QED) is 0.598. The minimum Gasteiger partial charge on any atom is -0.271 e. The number of nitrogens with one attached hydrogen (secondary N) is 1. The van der Waals surface area contributed by atoms with E-state index in [4.69, 9.17) is 29.0 Å². The molecule has 0 saturated heterocycles. The van der Waals surface area contributed by atoms with E-state index in [9.17, 15) is 0 Å². The van der Waals surface area contributed by atoms with Crippen molar-refractivity contribution < 1.29 is 0 Å². The first-order chi connectivity index (χ1) is 10.1. The average Bonchev–Trinajstić information content (AvgIpc) is 2.47. The van der Waals surface area contributed by atoms with Crippen molar-refractivity contribution in [3.63, 3.8) is 0 Å². The van der Waals surface area contributed by atoms with E-state index < -0.39 is 0 Å². The molecule has 21 heavy (non-hydrogen) atoms. The van der Waals surface area contributed by atoms with Gasteiger partial charge in [0.1, 0.15) is 0 Å². The average molecular weight is 323 g/mol. The lowest BCUT2D eigenvalue weighted by molar-refractivity contribution is 0.551. The van der Waals surface area contributed by atoms with Crippen LogP contribution in [0.1, 0.15) is 36.1 Å². The van der Waals surface area contributed by atoms with E-state index in [2.05, 4.69) is 36.6 Å². The maximum Gasteiger partial charge on any atom is 0.0500 e. The molecule has 2 aromatic rings. The lowest BCUT2D eigenvalue weighted by Gasteiger charge is -2.18. The van der Waals surface area contributed by atoms with Crippen LogP contribution in [0.25, 0.3) is 0 Å². The van der Waals surface area contributed by atoms with Crippen molar-refractivity contribution in [3.8, 4) is 0 Å². The number of halogens is 2. The number of rotatable bonds is 6. The van der Waals surface area contributed by atoms with Crippen LogP contribution in [0.15, 0.2) is 42.5 Å². The molecule has 0 bridgehead atoms. The highest BCUT2D eigenvalue weighted by Crippen LogP contribution is 2.26. The number of benzene rings is 2. The molecule has 112 valence electrons. The van der Waals surface area contributed by atoms with Gasteiger partial charge in [-0.25, -0.2) is 0 Å². The minimum atomic E-state index is 0.0282. The minimum absolute atomic E-state index is 0.0282. The van der Waals surface area contributed by atoms with Gasteiger partial charge in [0, 0.05) is 10.0 Å². The summed E-state index contributed by atoms with van der Waals surface area (Å²) < 4.78 is 0. The SMILES string of the molecule is CCCc1cccc(C(Cc2ccc(Cl)cc2Cl)NN)c1. The summed E-state index contributed by atoms with van der Waals surface area (Å²) >= 11 is 12.2. The normalized spacial score (nSPS) is 12.4. The first-order valence-corrected chi connectivity index (χ1v) is 7.88. The van der Waals surface area contributed by atoms with Crippen LogP contribution in [-0.2, 0) is 12.8 Å². The van der Waals surface area contributed by atoms with Gasteiger partial charge in [-0.3, -0.25) is 11.3 Å². The molecule has 2 nitrogen and oxygen atoms in total. The fraction of sp³-hybridized carbons (Fsp3) is 0.294. The Hall–Kier alpha value is -1.06. The Labute approximate surface area is 136 Å². The highest BCUT2D eigenvalue weighted by molar-refractivity contribution is 6.35. The molecule has 0 fully saturated rings. The summed E-state index contributed by atoms with van der Waals surface area (Å²) in [6.07, 6.45) is 2.93. The summed E-state index contributed by atoms with van der Waals surface area (Å²) in [5, 5.41) is 1.32. The highest BCUT2D eigenvalue weighted by atomic mass is 35.5. The van der Waals surface area contributed by atoms with Gasteiger partial charge in [-0.2, -0.15) is 0 Å². The lowest BCUT2D eigenvalue weighted by atomic mass is 9.97. The highest BCUT2D eigenvalue weighted by Gasteiger charge is 2.13. The monoisotopic (exact) mass is 322 g/mol. The van der Waals surface area contributed by atoms with E-state index in [-0.39, 0.29) is 6.04 Å². The van der Waals surface area contributed by atoms with Crippen LogP contribution in [0, 0.1) is 0 Å². The molecule has 1 atom stereocenters. The van der Waals surface area contributed by atoms with Gasteiger partial charge in [0.25, 0.3) is 0 Å². The van der Waals surface area contributed by atoms with E-state index in [1.807, 2.05) is 12.1 Å². The van der Waals surface area contributed by atoms with Crippen LogP contribution in [0.3, 0.4) is 0 Å². The zero-order valence-corrected chi connectivity index (χ0v) is 13.6. The fourth-order valence-electron chi connectivity index (χ4n) is 2.43. The van der Waals surface area contributed by atoms with Crippen LogP contribution < -0.4 is 11.3 Å². The Bertz CT molecular complexity index is 599. The van der Waals surface area contributed by atoms with E-state index in [0.717, 1.165) is 24.8 Å². The second kappa shape index (κ2) is 7.81. The van der Waals surface area contributed by atoms with E-state index in [1.54, 1.807) is 6.07 Å². The molecular weight excluding hydrogens is 303 g/mol. The van der Waals surface area contributed by atoms with E-state index >= 15 is 0 Å². The summed E-state index contributed by atoms with van der Waals surface area (Å²) in [6, 6.07) is 14.1. The standard InChI is InChI=1S/C17H20Cl2N2/c1-2-4-12-5-3-6-14(9-12)17(21-20)10-13-7-8-15(18)11-16(13)19/h3,5-9,11,17,21H,2,4,10,20H2,1H3. The molecule has 2 aromatic carbocycles. The van der Waals surface area contributed by atoms with Crippen LogP contribution in [0.5, 0.6) is 0 Å². The first-order valence-electron chi connectivity index (χ1n) is 7.13. The molecule has 1 unspecified atom stereocenters. The van der Waals surface area contributed by atoms with Gasteiger partial charge in [0.05, 0.1) is 6.04 Å². The predicted molar refractivity (Wildman–Crippen MR) is 90.7 cm³/mol. The predicted octanol–water partition coefficient (Wildman–Crippen LogP) is 4.69. The van der Waals surface area contributed by atoms with E-state index in [0.29, 0.717) is 10.0 Å². The van der Waals surface area contributed by atoms with Gasteiger partial charge in [0.15, 0.2) is 0 Å². The molecule has 2 rings (SSSR count). The topological polar surface area (TPSA) is 38.0 Å². The molecule has 0 aliphatic heterocycles. The zero-order valence-electron chi connectivity index (χ0n) is 12.1. The van der Waals surface area contributed by atoms with Gasteiger partial charge in [-0.1, -0.05) is 66.9 Å². The Kier molecular flexibility index (Phi) is 6.07. The second-order valence-corrected chi connectivity index (χ2v) is 6.00. The molecule has 4 heteroatoms. The number of hydrazine groups is 1. The van der Waals surface area contributed by atoms with Crippen LogP contribution in [0.2, 0.25) is 10.0 Å². The molecule has 3 N–H and O–H groups in total. The molecule has 0 aliphatic carbocycles. The van der Waals surface area contributed by atoms with Crippen molar-refractivity contribution in [1.29, 1.82) is 0 Å². The molecular formula is C17H20Cl2N2.